The molecule has 0 fully saturated rings. The molecule has 0 bridgehead atoms. The van der Waals surface area contributed by atoms with Gasteiger partial charge >= 0.3 is 0 Å². The van der Waals surface area contributed by atoms with Crippen molar-refractivity contribution in [2.24, 2.45) is 10.1 Å². The van der Waals surface area contributed by atoms with Crippen LogP contribution in [0.25, 0.3) is 0 Å². The Balaban J connectivity index is 1.14. The minimum atomic E-state index is -3.24. The molecule has 2 N–H and O–H groups in total. The zero-order valence-corrected chi connectivity index (χ0v) is 40.0. The van der Waals surface area contributed by atoms with E-state index in [4.69, 9.17) is 14.8 Å². The fourth-order valence-corrected chi connectivity index (χ4v) is 8.28. The van der Waals surface area contributed by atoms with E-state index in [-0.39, 0.29) is 11.3 Å². The van der Waals surface area contributed by atoms with E-state index in [1.54, 1.807) is 4.68 Å². The van der Waals surface area contributed by atoms with Crippen LogP contribution < -0.4 is 19.7 Å². The zero-order chi connectivity index (χ0) is 45.4. The van der Waals surface area contributed by atoms with Crippen LogP contribution in [0.4, 0.5) is 17.1 Å². The third-order valence-electron chi connectivity index (χ3n) is 11.6. The smallest absolute Gasteiger partial charge is 0.265 e. The molecule has 5 rings (SSSR count). The lowest BCUT2D eigenvalue weighted by Gasteiger charge is -2.23. The number of hydrogen-bond acceptors (Lipinski definition) is 9. The lowest BCUT2D eigenvalue weighted by atomic mass is 9.87. The second-order valence-electron chi connectivity index (χ2n) is 18.0. The average molecular weight is 881 g/mol. The van der Waals surface area contributed by atoms with Gasteiger partial charge in [-0.1, -0.05) is 110 Å². The molecule has 0 aliphatic carbocycles. The monoisotopic (exact) mass is 881 g/mol. The molecule has 12 nitrogen and oxygen atoms in total. The number of ether oxygens (including phenoxy) is 1. The molecule has 1 unspecified atom stereocenters. The van der Waals surface area contributed by atoms with Crippen molar-refractivity contribution in [1.82, 2.24) is 19.6 Å². The number of amides is 1. The summed E-state index contributed by atoms with van der Waals surface area (Å²) in [6.45, 7) is 16.4. The first-order chi connectivity index (χ1) is 30.1. The van der Waals surface area contributed by atoms with Crippen molar-refractivity contribution >= 4 is 44.4 Å². The van der Waals surface area contributed by atoms with Crippen molar-refractivity contribution in [3.05, 3.63) is 95.1 Å². The van der Waals surface area contributed by atoms with Crippen molar-refractivity contribution in [2.45, 2.75) is 150 Å². The molecule has 1 atom stereocenters. The summed E-state index contributed by atoms with van der Waals surface area (Å²) >= 11 is 0. The minimum absolute atomic E-state index is 0.0195. The number of fused-ring (bicyclic) bond motifs is 1. The number of anilines is 2. The van der Waals surface area contributed by atoms with E-state index in [1.165, 1.54) is 68.7 Å². The molecule has 0 saturated heterocycles. The summed E-state index contributed by atoms with van der Waals surface area (Å²) in [5.74, 6) is 2.03. The van der Waals surface area contributed by atoms with E-state index in [9.17, 15) is 13.2 Å². The highest BCUT2D eigenvalue weighted by Gasteiger charge is 2.26. The number of aromatic nitrogens is 3. The molecule has 1 amide bonds. The Bertz CT molecular complexity index is 2260. The van der Waals surface area contributed by atoms with Crippen LogP contribution in [-0.4, -0.2) is 72.6 Å². The van der Waals surface area contributed by atoms with Gasteiger partial charge < -0.3 is 15.0 Å². The molecule has 13 heteroatoms. The van der Waals surface area contributed by atoms with E-state index in [0.29, 0.717) is 37.5 Å². The standard InChI is InChI=1S/C50H72N8O4S/c1-9-11-12-13-14-15-16-17-18-19-25-45(62-43-24-21-23-40(36-43)50(5,6)7)49(59)52-41-29-27-39(28-30-41)22-20-26-46-54-55-48-47(38(4)56-58(46)48)53-44-32-31-42(35-37(44)3)57(10-2)34-33-51-63(8,60)61/h21,23-24,27-32,35-36,45,51H,9-20,22,25-26,33-34H2,1-8H3,(H,52,59). The highest BCUT2D eigenvalue weighted by atomic mass is 32.2. The van der Waals surface area contributed by atoms with Crippen molar-refractivity contribution in [1.29, 1.82) is 0 Å². The Morgan fingerprint density at radius 2 is 1.56 bits per heavy atom. The largest absolute Gasteiger partial charge is 0.481 e. The first-order valence-electron chi connectivity index (χ1n) is 23.2. The van der Waals surface area contributed by atoms with Crippen LogP contribution in [0, 0.1) is 6.92 Å². The SMILES string of the molecule is CCCCCCCCCCCCC(Oc1cccc(C(C)(C)C)c1)C(=O)Nc1ccc(CCCc2nnc3n2N=C(C)C3=Nc2ccc(N(CC)CCNS(C)(=O)=O)cc2C)cc1. The topological polar surface area (TPSA) is 143 Å². The summed E-state index contributed by atoms with van der Waals surface area (Å²) in [5, 5.41) is 16.9. The number of nitrogens with zero attached hydrogens (tertiary/aromatic N) is 6. The Kier molecular flexibility index (Phi) is 18.5. The van der Waals surface area contributed by atoms with Gasteiger partial charge in [0.15, 0.2) is 11.9 Å². The molecule has 0 spiro atoms. The minimum Gasteiger partial charge on any atom is -0.481 e. The van der Waals surface area contributed by atoms with Crippen molar-refractivity contribution in [2.75, 3.05) is 36.1 Å². The van der Waals surface area contributed by atoms with Crippen LogP contribution in [0.15, 0.2) is 76.8 Å². The van der Waals surface area contributed by atoms with E-state index in [1.807, 2.05) is 57.2 Å². The molecule has 1 aliphatic rings. The Morgan fingerprint density at radius 3 is 2.21 bits per heavy atom. The third kappa shape index (κ3) is 15.4. The number of aryl methyl sites for hydroxylation is 3. The molecule has 0 saturated carbocycles. The molecule has 2 heterocycles. The number of carbonyl (C=O) groups is 1. The summed E-state index contributed by atoms with van der Waals surface area (Å²) in [6.07, 6.45) is 16.0. The molecule has 3 aromatic carbocycles. The predicted octanol–water partition coefficient (Wildman–Crippen LogP) is 10.5. The molecule has 63 heavy (non-hydrogen) atoms. The normalized spacial score (nSPS) is 13.8. The van der Waals surface area contributed by atoms with Crippen molar-refractivity contribution in [3.63, 3.8) is 0 Å². The number of likely N-dealkylation sites (N-methyl/N-ethyl adjacent to an activating group) is 1. The zero-order valence-electron chi connectivity index (χ0n) is 39.2. The van der Waals surface area contributed by atoms with E-state index in [0.717, 1.165) is 72.1 Å². The summed E-state index contributed by atoms with van der Waals surface area (Å²) in [7, 11) is -3.24. The second kappa shape index (κ2) is 23.7. The maximum atomic E-state index is 13.8. The van der Waals surface area contributed by atoms with Crippen LogP contribution in [0.3, 0.4) is 0 Å². The van der Waals surface area contributed by atoms with Crippen LogP contribution in [0.1, 0.15) is 147 Å². The van der Waals surface area contributed by atoms with Crippen LogP contribution in [-0.2, 0) is 33.1 Å². The quantitative estimate of drug-likeness (QED) is 0.0598. The van der Waals surface area contributed by atoms with Crippen LogP contribution in [0.5, 0.6) is 5.75 Å². The first-order valence-corrected chi connectivity index (χ1v) is 25.1. The van der Waals surface area contributed by atoms with Gasteiger partial charge in [0.25, 0.3) is 5.91 Å². The molecular formula is C50H72N8O4S. The summed E-state index contributed by atoms with van der Waals surface area (Å²) in [6, 6.07) is 22.3. The van der Waals surface area contributed by atoms with Crippen molar-refractivity contribution in [3.8, 4) is 5.75 Å². The summed E-state index contributed by atoms with van der Waals surface area (Å²) in [5.41, 5.74) is 7.36. The lowest BCUT2D eigenvalue weighted by Crippen LogP contribution is -2.34. The van der Waals surface area contributed by atoms with Crippen LogP contribution >= 0.6 is 0 Å². The second-order valence-corrected chi connectivity index (χ2v) is 19.8. The predicted molar refractivity (Wildman–Crippen MR) is 260 cm³/mol. The van der Waals surface area contributed by atoms with Gasteiger partial charge in [-0.05, 0) is 111 Å². The lowest BCUT2D eigenvalue weighted by molar-refractivity contribution is -0.123. The van der Waals surface area contributed by atoms with Gasteiger partial charge in [-0.2, -0.15) is 9.78 Å². The van der Waals surface area contributed by atoms with E-state index < -0.39 is 16.1 Å². The highest BCUT2D eigenvalue weighted by molar-refractivity contribution is 7.88. The van der Waals surface area contributed by atoms with Crippen LogP contribution in [0.2, 0.25) is 0 Å². The van der Waals surface area contributed by atoms with Gasteiger partial charge in [0, 0.05) is 37.4 Å². The highest BCUT2D eigenvalue weighted by Crippen LogP contribution is 2.29. The van der Waals surface area contributed by atoms with Gasteiger partial charge in [-0.25, -0.2) is 18.1 Å². The molecule has 1 aliphatic heterocycles. The maximum absolute atomic E-state index is 13.8. The maximum Gasteiger partial charge on any atom is 0.265 e. The molecule has 1 aromatic heterocycles. The molecule has 4 aromatic rings. The molecule has 342 valence electrons. The number of unbranched alkanes of at least 4 members (excludes halogenated alkanes) is 9. The van der Waals surface area contributed by atoms with Gasteiger partial charge in [0.05, 0.1) is 17.7 Å². The Hall–Kier alpha value is -4.88. The number of nitrogens with one attached hydrogen (secondary N) is 2. The number of rotatable bonds is 26. The van der Waals surface area contributed by atoms with Gasteiger partial charge in [0.1, 0.15) is 11.5 Å². The van der Waals surface area contributed by atoms with E-state index >= 15 is 0 Å². The number of hydrogen-bond donors (Lipinski definition) is 2. The fraction of sp³-hybridized carbons (Fsp3) is 0.540. The summed E-state index contributed by atoms with van der Waals surface area (Å²) < 4.78 is 33.8. The van der Waals surface area contributed by atoms with Gasteiger partial charge in [-0.3, -0.25) is 4.79 Å². The number of sulfonamides is 1. The number of benzene rings is 3. The van der Waals surface area contributed by atoms with Crippen molar-refractivity contribution < 1.29 is 17.9 Å². The van der Waals surface area contributed by atoms with E-state index in [2.05, 4.69) is 83.2 Å². The first kappa shape index (κ1) is 49.1. The molecule has 0 radical (unpaired) electrons. The van der Waals surface area contributed by atoms with Gasteiger partial charge in [0.2, 0.25) is 15.8 Å². The van der Waals surface area contributed by atoms with Gasteiger partial charge in [-0.15, -0.1) is 10.2 Å². The fourth-order valence-electron chi connectivity index (χ4n) is 7.82. The third-order valence-corrected chi connectivity index (χ3v) is 12.3. The average Bonchev–Trinajstić information content (AvgIpc) is 3.77. The Labute approximate surface area is 377 Å². The summed E-state index contributed by atoms with van der Waals surface area (Å²) in [4.78, 5) is 20.8. The molecular weight excluding hydrogens is 809 g/mol. The number of carbonyl (C=O) groups excluding carboxylic acids is 1. The Morgan fingerprint density at radius 1 is 0.857 bits per heavy atom. The number of aliphatic imine (C=N–C) groups is 1.